The van der Waals surface area contributed by atoms with Gasteiger partial charge in [0.1, 0.15) is 17.1 Å². The molecule has 0 fully saturated rings. The molecule has 2 heterocycles. The molecule has 0 aromatic carbocycles. The van der Waals surface area contributed by atoms with E-state index < -0.39 is 41.4 Å². The molecule has 1 unspecified atom stereocenters. The Bertz CT molecular complexity index is 1160. The summed E-state index contributed by atoms with van der Waals surface area (Å²) < 4.78 is 42.2. The lowest BCUT2D eigenvalue weighted by molar-refractivity contribution is -0.135. The molecule has 1 amide bonds. The highest BCUT2D eigenvalue weighted by atomic mass is 32.1. The molecule has 7 nitrogen and oxygen atoms in total. The summed E-state index contributed by atoms with van der Waals surface area (Å²) >= 11 is 1.25. The van der Waals surface area contributed by atoms with Gasteiger partial charge in [-0.2, -0.15) is 13.2 Å². The third-order valence-electron chi connectivity index (χ3n) is 5.04. The van der Waals surface area contributed by atoms with E-state index >= 15 is 0 Å². The zero-order valence-corrected chi connectivity index (χ0v) is 20.0. The number of thiophene rings is 1. The Morgan fingerprint density at radius 3 is 2.63 bits per heavy atom. The second-order valence-electron chi connectivity index (χ2n) is 7.96. The van der Waals surface area contributed by atoms with Crippen LogP contribution >= 0.6 is 11.3 Å². The number of carbonyl (C=O) groups excluding carboxylic acids is 1. The summed E-state index contributed by atoms with van der Waals surface area (Å²) in [7, 11) is 0. The van der Waals surface area contributed by atoms with Gasteiger partial charge in [0.2, 0.25) is 0 Å². The number of carbonyl (C=O) groups is 2. The van der Waals surface area contributed by atoms with Crippen molar-refractivity contribution < 1.29 is 37.4 Å². The molecule has 0 aliphatic heterocycles. The van der Waals surface area contributed by atoms with Crippen LogP contribution in [0.15, 0.2) is 45.3 Å². The first-order valence-electron chi connectivity index (χ1n) is 10.8. The normalized spacial score (nSPS) is 13.2. The minimum absolute atomic E-state index is 0.0275. The summed E-state index contributed by atoms with van der Waals surface area (Å²) in [5.74, 6) is -1.33. The van der Waals surface area contributed by atoms with Gasteiger partial charge in [-0.1, -0.05) is 13.0 Å². The van der Waals surface area contributed by atoms with Crippen LogP contribution in [0.5, 0.6) is 5.75 Å². The van der Waals surface area contributed by atoms with Gasteiger partial charge in [-0.25, -0.2) is 9.59 Å². The van der Waals surface area contributed by atoms with Crippen molar-refractivity contribution in [2.24, 2.45) is 0 Å². The average Bonchev–Trinajstić information content (AvgIpc) is 3.18. The fraction of sp³-hybridized carbons (Fsp3) is 0.375. The molecule has 0 saturated carbocycles. The highest BCUT2D eigenvalue weighted by Crippen LogP contribution is 2.28. The van der Waals surface area contributed by atoms with Gasteiger partial charge in [-0.15, -0.1) is 11.3 Å². The molecule has 0 radical (unpaired) electrons. The molecule has 0 aliphatic carbocycles. The first-order valence-corrected chi connectivity index (χ1v) is 11.6. The monoisotopic (exact) mass is 513 g/mol. The fourth-order valence-corrected chi connectivity index (χ4v) is 4.26. The number of aryl methyl sites for hydroxylation is 1. The maximum absolute atomic E-state index is 12.8. The van der Waals surface area contributed by atoms with Gasteiger partial charge in [0.25, 0.3) is 0 Å². The Morgan fingerprint density at radius 1 is 1.29 bits per heavy atom. The van der Waals surface area contributed by atoms with E-state index in [4.69, 9.17) is 9.52 Å². The molecule has 190 valence electrons. The van der Waals surface area contributed by atoms with E-state index in [1.165, 1.54) is 36.6 Å². The van der Waals surface area contributed by atoms with Crippen molar-refractivity contribution >= 4 is 29.3 Å². The summed E-state index contributed by atoms with van der Waals surface area (Å²) in [6.07, 6.45) is -0.654. The van der Waals surface area contributed by atoms with Crippen LogP contribution in [0.2, 0.25) is 0 Å². The van der Waals surface area contributed by atoms with Crippen molar-refractivity contribution in [1.29, 1.82) is 0 Å². The van der Waals surface area contributed by atoms with Crippen molar-refractivity contribution in [2.45, 2.75) is 58.0 Å². The minimum Gasteiger partial charge on any atom is -0.507 e. The zero-order valence-electron chi connectivity index (χ0n) is 19.1. The van der Waals surface area contributed by atoms with Crippen molar-refractivity contribution in [3.8, 4) is 5.75 Å². The Hall–Kier alpha value is -3.34. The number of amides is 1. The van der Waals surface area contributed by atoms with Gasteiger partial charge < -0.3 is 14.6 Å². The molecular formula is C24H26F3NO6S. The molecule has 0 spiro atoms. The van der Waals surface area contributed by atoms with E-state index in [1.54, 1.807) is 25.1 Å². The number of carboxylic acid groups (broad SMARTS) is 1. The number of rotatable bonds is 11. The number of Topliss-reactive ketones (excluding diaryl/α,β-unsaturated/α-hetero) is 1. The molecule has 35 heavy (non-hydrogen) atoms. The van der Waals surface area contributed by atoms with Crippen molar-refractivity contribution in [1.82, 2.24) is 5.32 Å². The van der Waals surface area contributed by atoms with Gasteiger partial charge in [-0.05, 0) is 56.4 Å². The van der Waals surface area contributed by atoms with Gasteiger partial charge in [0.05, 0.1) is 0 Å². The molecule has 0 saturated heterocycles. The van der Waals surface area contributed by atoms with E-state index in [9.17, 15) is 32.7 Å². The minimum atomic E-state index is -4.20. The summed E-state index contributed by atoms with van der Waals surface area (Å²) in [5.41, 5.74) is -1.32. The Kier molecular flexibility index (Phi) is 9.88. The Morgan fingerprint density at radius 2 is 2.00 bits per heavy atom. The highest BCUT2D eigenvalue weighted by Gasteiger charge is 2.26. The number of alkyl halides is 3. The van der Waals surface area contributed by atoms with E-state index in [0.717, 1.165) is 4.88 Å². The summed E-state index contributed by atoms with van der Waals surface area (Å²) in [6.45, 7) is 3.23. The fourth-order valence-electron chi connectivity index (χ4n) is 3.20. The van der Waals surface area contributed by atoms with E-state index in [1.807, 2.05) is 0 Å². The SMILES string of the molecule is CC(=Cc1ccc(CCCC(F)(F)F)s1)C(=O)c1c(O)cc(C(C)CCC=CNC(=O)O)oc1=O. The van der Waals surface area contributed by atoms with E-state index in [-0.39, 0.29) is 30.1 Å². The Balaban J connectivity index is 2.07. The summed E-state index contributed by atoms with van der Waals surface area (Å²) in [5, 5.41) is 20.9. The second-order valence-corrected chi connectivity index (χ2v) is 9.16. The largest absolute Gasteiger partial charge is 0.507 e. The number of hydrogen-bond acceptors (Lipinski definition) is 6. The highest BCUT2D eigenvalue weighted by molar-refractivity contribution is 7.12. The number of aromatic hydroxyl groups is 1. The number of allylic oxidation sites excluding steroid dienone is 2. The average molecular weight is 514 g/mol. The quantitative estimate of drug-likeness (QED) is 0.242. The second kappa shape index (κ2) is 12.4. The molecule has 0 aliphatic rings. The topological polar surface area (TPSA) is 117 Å². The summed E-state index contributed by atoms with van der Waals surface area (Å²) in [6, 6.07) is 4.59. The standard InChI is InChI=1S/C24H26F3NO6S/c1-14(6-3-4-11-28-23(32)33)19-13-18(29)20(22(31)34-19)21(30)15(2)12-17-9-8-16(35-17)7-5-10-24(25,26)27/h4,8-9,11-14,28-29H,3,5-7,10H2,1-2H3,(H,32,33). The maximum atomic E-state index is 12.8. The van der Waals surface area contributed by atoms with Crippen LogP contribution in [-0.2, 0) is 6.42 Å². The summed E-state index contributed by atoms with van der Waals surface area (Å²) in [4.78, 5) is 37.0. The number of hydrogen-bond donors (Lipinski definition) is 3. The molecular weight excluding hydrogens is 487 g/mol. The van der Waals surface area contributed by atoms with E-state index in [0.29, 0.717) is 17.7 Å². The van der Waals surface area contributed by atoms with Gasteiger partial charge in [0, 0.05) is 34.4 Å². The third kappa shape index (κ3) is 9.08. The molecule has 2 aromatic rings. The van der Waals surface area contributed by atoms with Crippen LogP contribution in [0, 0.1) is 0 Å². The number of ketones is 1. The van der Waals surface area contributed by atoms with Crippen LogP contribution in [0.25, 0.3) is 6.08 Å². The van der Waals surface area contributed by atoms with Crippen LogP contribution in [0.3, 0.4) is 0 Å². The molecule has 3 N–H and O–H groups in total. The van der Waals surface area contributed by atoms with Crippen LogP contribution < -0.4 is 10.9 Å². The predicted molar refractivity (Wildman–Crippen MR) is 126 cm³/mol. The molecule has 11 heteroatoms. The number of nitrogens with one attached hydrogen (secondary N) is 1. The zero-order chi connectivity index (χ0) is 26.2. The lowest BCUT2D eigenvalue weighted by Gasteiger charge is -2.11. The van der Waals surface area contributed by atoms with Crippen LogP contribution in [0.4, 0.5) is 18.0 Å². The first-order chi connectivity index (χ1) is 16.4. The van der Waals surface area contributed by atoms with Crippen molar-refractivity contribution in [2.75, 3.05) is 0 Å². The number of halogens is 3. The van der Waals surface area contributed by atoms with Crippen molar-refractivity contribution in [3.05, 3.63) is 67.5 Å². The molecule has 2 rings (SSSR count). The Labute approximate surface area is 203 Å². The van der Waals surface area contributed by atoms with E-state index in [2.05, 4.69) is 5.32 Å². The third-order valence-corrected chi connectivity index (χ3v) is 6.13. The molecule has 0 bridgehead atoms. The van der Waals surface area contributed by atoms with Gasteiger partial charge in [-0.3, -0.25) is 10.1 Å². The predicted octanol–water partition coefficient (Wildman–Crippen LogP) is 6.24. The smallest absolute Gasteiger partial charge is 0.408 e. The maximum Gasteiger partial charge on any atom is 0.408 e. The molecule has 2 aromatic heterocycles. The first kappa shape index (κ1) is 27.9. The van der Waals surface area contributed by atoms with Crippen molar-refractivity contribution in [3.63, 3.8) is 0 Å². The van der Waals surface area contributed by atoms with Crippen LogP contribution in [0.1, 0.15) is 71.3 Å². The lowest BCUT2D eigenvalue weighted by Crippen LogP contribution is -2.16. The molecule has 1 atom stereocenters. The van der Waals surface area contributed by atoms with Crippen LogP contribution in [-0.4, -0.2) is 28.3 Å². The van der Waals surface area contributed by atoms with Gasteiger partial charge in [0.15, 0.2) is 5.78 Å². The lowest BCUT2D eigenvalue weighted by atomic mass is 10.00. The van der Waals surface area contributed by atoms with Gasteiger partial charge >= 0.3 is 17.9 Å².